The fraction of sp³-hybridized carbons (Fsp3) is 0.438. The first-order valence-corrected chi connectivity index (χ1v) is 7.25. The quantitative estimate of drug-likeness (QED) is 0.794. The summed E-state index contributed by atoms with van der Waals surface area (Å²) in [6.45, 7) is 4.48. The van der Waals surface area contributed by atoms with E-state index in [1.54, 1.807) is 6.92 Å². The fourth-order valence-electron chi connectivity index (χ4n) is 2.06. The van der Waals surface area contributed by atoms with E-state index < -0.39 is 0 Å². The van der Waals surface area contributed by atoms with Crippen LogP contribution in [0.3, 0.4) is 0 Å². The van der Waals surface area contributed by atoms with Crippen molar-refractivity contribution in [2.24, 2.45) is 0 Å². The minimum atomic E-state index is -0.0638. The SMILES string of the molecule is Cc1ccc(CCCCNC(=O)Cc2noc(C)n2)cc1. The molecule has 1 amide bonds. The molecule has 5 heteroatoms. The van der Waals surface area contributed by atoms with Crippen molar-refractivity contribution in [3.8, 4) is 0 Å². The molecule has 0 unspecified atom stereocenters. The van der Waals surface area contributed by atoms with Crippen molar-refractivity contribution in [3.63, 3.8) is 0 Å². The number of hydrogen-bond acceptors (Lipinski definition) is 4. The number of carbonyl (C=O) groups excluding carboxylic acids is 1. The van der Waals surface area contributed by atoms with Crippen LogP contribution in [0.2, 0.25) is 0 Å². The predicted octanol–water partition coefficient (Wildman–Crippen LogP) is 2.37. The Labute approximate surface area is 124 Å². The van der Waals surface area contributed by atoms with Crippen LogP contribution in [0.15, 0.2) is 28.8 Å². The van der Waals surface area contributed by atoms with E-state index >= 15 is 0 Å². The van der Waals surface area contributed by atoms with Crippen LogP contribution in [-0.4, -0.2) is 22.6 Å². The molecule has 1 aromatic carbocycles. The summed E-state index contributed by atoms with van der Waals surface area (Å²) in [6.07, 6.45) is 3.24. The lowest BCUT2D eigenvalue weighted by Crippen LogP contribution is -2.26. The minimum absolute atomic E-state index is 0.0638. The van der Waals surface area contributed by atoms with Gasteiger partial charge in [-0.3, -0.25) is 4.79 Å². The number of nitrogens with one attached hydrogen (secondary N) is 1. The topological polar surface area (TPSA) is 68.0 Å². The molecule has 0 bridgehead atoms. The van der Waals surface area contributed by atoms with Crippen molar-refractivity contribution < 1.29 is 9.32 Å². The van der Waals surface area contributed by atoms with E-state index in [9.17, 15) is 4.79 Å². The summed E-state index contributed by atoms with van der Waals surface area (Å²) in [7, 11) is 0. The van der Waals surface area contributed by atoms with Crippen LogP contribution in [0.4, 0.5) is 0 Å². The number of unbranched alkanes of at least 4 members (excludes halogenated alkanes) is 1. The number of hydrogen-bond donors (Lipinski definition) is 1. The van der Waals surface area contributed by atoms with Crippen LogP contribution >= 0.6 is 0 Å². The minimum Gasteiger partial charge on any atom is -0.356 e. The van der Waals surface area contributed by atoms with Gasteiger partial charge in [-0.2, -0.15) is 4.98 Å². The molecule has 21 heavy (non-hydrogen) atoms. The third-order valence-corrected chi connectivity index (χ3v) is 3.22. The van der Waals surface area contributed by atoms with Gasteiger partial charge in [0.1, 0.15) is 0 Å². The largest absolute Gasteiger partial charge is 0.356 e. The van der Waals surface area contributed by atoms with E-state index in [2.05, 4.69) is 46.6 Å². The highest BCUT2D eigenvalue weighted by atomic mass is 16.5. The molecule has 0 radical (unpaired) electrons. The molecule has 0 saturated heterocycles. The summed E-state index contributed by atoms with van der Waals surface area (Å²) in [5.41, 5.74) is 2.62. The lowest BCUT2D eigenvalue weighted by Gasteiger charge is -2.04. The van der Waals surface area contributed by atoms with Crippen LogP contribution in [0.25, 0.3) is 0 Å². The number of nitrogens with zero attached hydrogens (tertiary/aromatic N) is 2. The van der Waals surface area contributed by atoms with Crippen molar-refractivity contribution in [2.75, 3.05) is 6.54 Å². The molecule has 2 aromatic rings. The summed E-state index contributed by atoms with van der Waals surface area (Å²) < 4.78 is 4.82. The molecule has 5 nitrogen and oxygen atoms in total. The van der Waals surface area contributed by atoms with Crippen molar-refractivity contribution >= 4 is 5.91 Å². The first kappa shape index (κ1) is 15.2. The van der Waals surface area contributed by atoms with E-state index in [0.717, 1.165) is 19.3 Å². The molecule has 112 valence electrons. The van der Waals surface area contributed by atoms with Gasteiger partial charge < -0.3 is 9.84 Å². The van der Waals surface area contributed by atoms with Gasteiger partial charge in [0, 0.05) is 13.5 Å². The van der Waals surface area contributed by atoms with Crippen molar-refractivity contribution in [1.29, 1.82) is 0 Å². The number of aromatic nitrogens is 2. The number of carbonyl (C=O) groups is 1. The lowest BCUT2D eigenvalue weighted by molar-refractivity contribution is -0.120. The van der Waals surface area contributed by atoms with Crippen molar-refractivity contribution in [2.45, 2.75) is 39.5 Å². The van der Waals surface area contributed by atoms with Crippen LogP contribution in [0.1, 0.15) is 35.7 Å². The van der Waals surface area contributed by atoms with Gasteiger partial charge in [-0.05, 0) is 31.7 Å². The smallest absolute Gasteiger partial charge is 0.227 e. The Morgan fingerprint density at radius 1 is 1.19 bits per heavy atom. The fourth-order valence-corrected chi connectivity index (χ4v) is 2.06. The molecule has 1 heterocycles. The average Bonchev–Trinajstić information content (AvgIpc) is 2.86. The molecule has 0 atom stereocenters. The van der Waals surface area contributed by atoms with Gasteiger partial charge in [-0.25, -0.2) is 0 Å². The summed E-state index contributed by atoms with van der Waals surface area (Å²) in [5.74, 6) is 0.853. The molecule has 0 spiro atoms. The second kappa shape index (κ2) is 7.57. The van der Waals surface area contributed by atoms with E-state index in [1.165, 1.54) is 11.1 Å². The maximum absolute atomic E-state index is 11.7. The van der Waals surface area contributed by atoms with Crippen LogP contribution < -0.4 is 5.32 Å². The average molecular weight is 287 g/mol. The molecular weight excluding hydrogens is 266 g/mol. The maximum atomic E-state index is 11.7. The zero-order chi connectivity index (χ0) is 15.1. The van der Waals surface area contributed by atoms with Gasteiger partial charge in [0.05, 0.1) is 6.42 Å². The standard InChI is InChI=1S/C16H21N3O2/c1-12-6-8-14(9-7-12)5-3-4-10-17-16(20)11-15-18-13(2)21-19-15/h6-9H,3-5,10-11H2,1-2H3,(H,17,20). The third kappa shape index (κ3) is 5.38. The molecule has 0 aliphatic heterocycles. The van der Waals surface area contributed by atoms with Gasteiger partial charge in [-0.1, -0.05) is 35.0 Å². The molecule has 0 saturated carbocycles. The van der Waals surface area contributed by atoms with E-state index in [0.29, 0.717) is 18.3 Å². The first-order valence-electron chi connectivity index (χ1n) is 7.25. The summed E-state index contributed by atoms with van der Waals surface area (Å²) in [6, 6.07) is 8.58. The summed E-state index contributed by atoms with van der Waals surface area (Å²) >= 11 is 0. The number of rotatable bonds is 7. The zero-order valence-corrected chi connectivity index (χ0v) is 12.6. The second-order valence-electron chi connectivity index (χ2n) is 5.20. The molecule has 1 N–H and O–H groups in total. The first-order chi connectivity index (χ1) is 10.1. The Morgan fingerprint density at radius 3 is 2.62 bits per heavy atom. The summed E-state index contributed by atoms with van der Waals surface area (Å²) in [4.78, 5) is 15.7. The van der Waals surface area contributed by atoms with Gasteiger partial charge in [-0.15, -0.1) is 0 Å². The van der Waals surface area contributed by atoms with Gasteiger partial charge in [0.15, 0.2) is 5.82 Å². The second-order valence-corrected chi connectivity index (χ2v) is 5.20. The molecule has 2 rings (SSSR count). The number of aryl methyl sites for hydroxylation is 3. The Hall–Kier alpha value is -2.17. The van der Waals surface area contributed by atoms with Gasteiger partial charge in [0.2, 0.25) is 11.8 Å². The molecule has 0 fully saturated rings. The Kier molecular flexibility index (Phi) is 5.49. The molecule has 1 aromatic heterocycles. The number of amides is 1. The number of benzene rings is 1. The van der Waals surface area contributed by atoms with Crippen LogP contribution in [-0.2, 0) is 17.6 Å². The monoisotopic (exact) mass is 287 g/mol. The van der Waals surface area contributed by atoms with Gasteiger partial charge >= 0.3 is 0 Å². The third-order valence-electron chi connectivity index (χ3n) is 3.22. The highest BCUT2D eigenvalue weighted by Crippen LogP contribution is 2.06. The summed E-state index contributed by atoms with van der Waals surface area (Å²) in [5, 5.41) is 6.58. The van der Waals surface area contributed by atoms with E-state index in [4.69, 9.17) is 4.52 Å². The van der Waals surface area contributed by atoms with Crippen molar-refractivity contribution in [3.05, 3.63) is 47.1 Å². The van der Waals surface area contributed by atoms with E-state index in [-0.39, 0.29) is 12.3 Å². The van der Waals surface area contributed by atoms with Crippen LogP contribution in [0.5, 0.6) is 0 Å². The maximum Gasteiger partial charge on any atom is 0.227 e. The highest BCUT2D eigenvalue weighted by molar-refractivity contribution is 5.77. The highest BCUT2D eigenvalue weighted by Gasteiger charge is 2.08. The lowest BCUT2D eigenvalue weighted by atomic mass is 10.1. The van der Waals surface area contributed by atoms with Crippen molar-refractivity contribution in [1.82, 2.24) is 15.5 Å². The Balaban J connectivity index is 1.59. The zero-order valence-electron chi connectivity index (χ0n) is 12.6. The Morgan fingerprint density at radius 2 is 1.95 bits per heavy atom. The van der Waals surface area contributed by atoms with Crippen LogP contribution in [0, 0.1) is 13.8 Å². The Bertz CT molecular complexity index is 575. The van der Waals surface area contributed by atoms with E-state index in [1.807, 2.05) is 0 Å². The normalized spacial score (nSPS) is 10.6. The molecule has 0 aliphatic carbocycles. The molecular formula is C16H21N3O2. The van der Waals surface area contributed by atoms with Gasteiger partial charge in [0.25, 0.3) is 0 Å². The molecule has 0 aliphatic rings. The predicted molar refractivity (Wildman–Crippen MR) is 79.9 cm³/mol.